The summed E-state index contributed by atoms with van der Waals surface area (Å²) in [5.41, 5.74) is 10.7. The SMILES string of the molecule is NC(=NS(=O)(=O)c1ccccc1)OC(N)=NS(=O)(=O)c1ccccc1. The molecule has 4 N–H and O–H groups in total. The van der Waals surface area contributed by atoms with E-state index in [0.29, 0.717) is 0 Å². The molecule has 25 heavy (non-hydrogen) atoms. The van der Waals surface area contributed by atoms with E-state index >= 15 is 0 Å². The molecule has 0 heterocycles. The lowest BCUT2D eigenvalue weighted by Gasteiger charge is -2.04. The number of amidine groups is 2. The molecule has 9 nitrogen and oxygen atoms in total. The van der Waals surface area contributed by atoms with Gasteiger partial charge in [0, 0.05) is 0 Å². The summed E-state index contributed by atoms with van der Waals surface area (Å²) in [5.74, 6) is 0. The maximum absolute atomic E-state index is 12.0. The van der Waals surface area contributed by atoms with E-state index in [1.807, 2.05) is 0 Å². The lowest BCUT2D eigenvalue weighted by atomic mass is 10.4. The monoisotopic (exact) mass is 382 g/mol. The van der Waals surface area contributed by atoms with E-state index in [1.54, 1.807) is 12.1 Å². The Morgan fingerprint density at radius 3 is 1.32 bits per heavy atom. The first kappa shape index (κ1) is 18.4. The highest BCUT2D eigenvalue weighted by atomic mass is 32.2. The molecule has 2 aromatic rings. The van der Waals surface area contributed by atoms with E-state index in [1.165, 1.54) is 48.5 Å². The van der Waals surface area contributed by atoms with Gasteiger partial charge in [-0.1, -0.05) is 36.4 Å². The highest BCUT2D eigenvalue weighted by Crippen LogP contribution is 2.12. The second-order valence-corrected chi connectivity index (χ2v) is 7.75. The maximum atomic E-state index is 12.0. The zero-order valence-electron chi connectivity index (χ0n) is 12.7. The number of sulfonamides is 2. The van der Waals surface area contributed by atoms with Crippen molar-refractivity contribution in [2.24, 2.45) is 20.3 Å². The smallest absolute Gasteiger partial charge is 0.306 e. The molecule has 0 saturated heterocycles. The van der Waals surface area contributed by atoms with Gasteiger partial charge in [-0.2, -0.15) is 16.8 Å². The van der Waals surface area contributed by atoms with Gasteiger partial charge in [-0.15, -0.1) is 8.80 Å². The zero-order valence-corrected chi connectivity index (χ0v) is 14.3. The number of rotatable bonds is 4. The summed E-state index contributed by atoms with van der Waals surface area (Å²) in [5, 5.41) is 0. The average molecular weight is 382 g/mol. The molecule has 11 heteroatoms. The number of hydrogen-bond donors (Lipinski definition) is 2. The van der Waals surface area contributed by atoms with Crippen molar-refractivity contribution >= 4 is 32.1 Å². The van der Waals surface area contributed by atoms with Gasteiger partial charge in [-0.3, -0.25) is 0 Å². The molecule has 132 valence electrons. The van der Waals surface area contributed by atoms with Crippen molar-refractivity contribution in [3.05, 3.63) is 60.7 Å². The average Bonchev–Trinajstić information content (AvgIpc) is 2.55. The van der Waals surface area contributed by atoms with Crippen LogP contribution in [-0.2, 0) is 24.8 Å². The predicted octanol–water partition coefficient (Wildman–Crippen LogP) is 0.410. The van der Waals surface area contributed by atoms with Crippen LogP contribution >= 0.6 is 0 Å². The van der Waals surface area contributed by atoms with Crippen molar-refractivity contribution in [2.75, 3.05) is 0 Å². The Labute approximate surface area is 144 Å². The largest absolute Gasteiger partial charge is 0.391 e. The number of nitrogens with zero attached hydrogens (tertiary/aromatic N) is 2. The van der Waals surface area contributed by atoms with Crippen molar-refractivity contribution in [3.63, 3.8) is 0 Å². The summed E-state index contributed by atoms with van der Waals surface area (Å²) in [6.45, 7) is 0. The minimum Gasteiger partial charge on any atom is -0.391 e. The summed E-state index contributed by atoms with van der Waals surface area (Å²) in [6, 6.07) is 12.8. The maximum Gasteiger partial charge on any atom is 0.306 e. The molecule has 0 unspecified atom stereocenters. The summed E-state index contributed by atoms with van der Waals surface area (Å²) < 4.78 is 59.0. The Balaban J connectivity index is 2.21. The standard InChI is InChI=1S/C14H14N4O5S2/c15-13(17-24(19,20)11-7-3-1-4-8-11)23-14(16)18-25(21,22)12-9-5-2-6-10-12/h1-10H,(H2,15,17)(H2,16,18). The zero-order chi connectivity index (χ0) is 18.5. The van der Waals surface area contributed by atoms with Gasteiger partial charge >= 0.3 is 12.0 Å². The third-order valence-electron chi connectivity index (χ3n) is 2.71. The Kier molecular flexibility index (Phi) is 5.39. The fourth-order valence-electron chi connectivity index (χ4n) is 1.67. The molecule has 0 aliphatic heterocycles. The van der Waals surface area contributed by atoms with Crippen LogP contribution in [0.2, 0.25) is 0 Å². The second kappa shape index (κ2) is 7.32. The second-order valence-electron chi connectivity index (χ2n) is 4.54. The molecule has 0 spiro atoms. The van der Waals surface area contributed by atoms with Crippen LogP contribution in [0.1, 0.15) is 0 Å². The van der Waals surface area contributed by atoms with Crippen LogP contribution in [-0.4, -0.2) is 28.9 Å². The Hall–Kier alpha value is -2.92. The van der Waals surface area contributed by atoms with Crippen molar-refractivity contribution in [1.82, 2.24) is 0 Å². The lowest BCUT2D eigenvalue weighted by molar-refractivity contribution is 0.526. The minimum absolute atomic E-state index is 0.117. The molecular weight excluding hydrogens is 368 g/mol. The van der Waals surface area contributed by atoms with E-state index in [-0.39, 0.29) is 9.79 Å². The molecule has 0 aliphatic carbocycles. The van der Waals surface area contributed by atoms with Gasteiger partial charge in [0.15, 0.2) is 0 Å². The molecule has 0 aromatic heterocycles. The predicted molar refractivity (Wildman–Crippen MR) is 91.6 cm³/mol. The van der Waals surface area contributed by atoms with Crippen molar-refractivity contribution in [1.29, 1.82) is 0 Å². The number of ether oxygens (including phenoxy) is 1. The van der Waals surface area contributed by atoms with Gasteiger partial charge in [0.25, 0.3) is 20.0 Å². The lowest BCUT2D eigenvalue weighted by Crippen LogP contribution is -2.28. The van der Waals surface area contributed by atoms with Crippen molar-refractivity contribution < 1.29 is 21.6 Å². The van der Waals surface area contributed by atoms with Crippen molar-refractivity contribution in [2.45, 2.75) is 9.79 Å². The van der Waals surface area contributed by atoms with Crippen LogP contribution in [0.5, 0.6) is 0 Å². The van der Waals surface area contributed by atoms with E-state index < -0.39 is 32.1 Å². The van der Waals surface area contributed by atoms with Gasteiger partial charge in [-0.25, -0.2) is 0 Å². The minimum atomic E-state index is -4.12. The first-order valence-corrected chi connectivity index (χ1v) is 9.57. The van der Waals surface area contributed by atoms with E-state index in [2.05, 4.69) is 13.5 Å². The fraction of sp³-hybridized carbons (Fsp3) is 0. The quantitative estimate of drug-likeness (QED) is 0.573. The topological polar surface area (TPSA) is 154 Å². The third-order valence-corrected chi connectivity index (χ3v) is 5.29. The van der Waals surface area contributed by atoms with Gasteiger partial charge in [-0.05, 0) is 24.3 Å². The van der Waals surface area contributed by atoms with Crippen LogP contribution in [0.15, 0.2) is 79.3 Å². The molecule has 2 aromatic carbocycles. The Morgan fingerprint density at radius 2 is 1.00 bits per heavy atom. The molecule has 0 fully saturated rings. The first-order chi connectivity index (χ1) is 11.7. The summed E-state index contributed by atoms with van der Waals surface area (Å²) in [6.07, 6.45) is 0. The Morgan fingerprint density at radius 1 is 0.680 bits per heavy atom. The third kappa shape index (κ3) is 5.02. The summed E-state index contributed by atoms with van der Waals surface area (Å²) in [7, 11) is -8.25. The molecule has 0 radical (unpaired) electrons. The van der Waals surface area contributed by atoms with Crippen molar-refractivity contribution in [3.8, 4) is 0 Å². The van der Waals surface area contributed by atoms with E-state index in [9.17, 15) is 16.8 Å². The van der Waals surface area contributed by atoms with E-state index in [0.717, 1.165) is 0 Å². The number of hydrogen-bond acceptors (Lipinski definition) is 5. The van der Waals surface area contributed by atoms with Crippen LogP contribution < -0.4 is 11.5 Å². The highest BCUT2D eigenvalue weighted by Gasteiger charge is 2.16. The van der Waals surface area contributed by atoms with Crippen LogP contribution in [0.4, 0.5) is 0 Å². The van der Waals surface area contributed by atoms with Crippen LogP contribution in [0, 0.1) is 0 Å². The molecule has 2 rings (SSSR count). The summed E-state index contributed by atoms with van der Waals surface area (Å²) in [4.78, 5) is -0.233. The number of benzene rings is 2. The normalized spacial score (nSPS) is 13.4. The van der Waals surface area contributed by atoms with Crippen LogP contribution in [0.3, 0.4) is 0 Å². The number of nitrogens with two attached hydrogens (primary N) is 2. The van der Waals surface area contributed by atoms with E-state index in [4.69, 9.17) is 11.5 Å². The molecule has 0 bridgehead atoms. The molecule has 0 saturated carbocycles. The van der Waals surface area contributed by atoms with Crippen LogP contribution in [0.25, 0.3) is 0 Å². The first-order valence-electron chi connectivity index (χ1n) is 6.69. The Bertz CT molecular complexity index is 918. The molecule has 0 atom stereocenters. The van der Waals surface area contributed by atoms with Gasteiger partial charge < -0.3 is 16.2 Å². The van der Waals surface area contributed by atoms with Gasteiger partial charge in [0.05, 0.1) is 9.79 Å². The summed E-state index contributed by atoms with van der Waals surface area (Å²) >= 11 is 0. The molecule has 0 amide bonds. The molecule has 0 aliphatic rings. The highest BCUT2D eigenvalue weighted by molar-refractivity contribution is 7.90. The van der Waals surface area contributed by atoms with Gasteiger partial charge in [0.2, 0.25) is 0 Å². The molecular formula is C14H14N4O5S2. The fourth-order valence-corrected chi connectivity index (χ4v) is 3.43. The van der Waals surface area contributed by atoms with Gasteiger partial charge in [0.1, 0.15) is 0 Å².